The van der Waals surface area contributed by atoms with Crippen LogP contribution in [-0.4, -0.2) is 64.4 Å². The first-order valence-electron chi connectivity index (χ1n) is 10.2. The van der Waals surface area contributed by atoms with Crippen molar-refractivity contribution in [2.24, 2.45) is 17.6 Å². The molecule has 1 amide bonds. The van der Waals surface area contributed by atoms with Crippen molar-refractivity contribution in [1.82, 2.24) is 10.2 Å². The van der Waals surface area contributed by atoms with Crippen molar-refractivity contribution >= 4 is 5.91 Å². The largest absolute Gasteiger partial charge is 0.493 e. The highest BCUT2D eigenvalue weighted by atomic mass is 16.5. The van der Waals surface area contributed by atoms with Crippen molar-refractivity contribution in [2.75, 3.05) is 53.6 Å². The average Bonchev–Trinajstić information content (AvgIpc) is 3.23. The number of methoxy groups -OCH3 is 2. The molecule has 1 heterocycles. The van der Waals surface area contributed by atoms with Gasteiger partial charge < -0.3 is 25.3 Å². The molecule has 156 valence electrons. The Kier molecular flexibility index (Phi) is 7.53. The van der Waals surface area contributed by atoms with Gasteiger partial charge in [0.2, 0.25) is 5.91 Å². The number of hydrogen-bond acceptors (Lipinski definition) is 6. The molecule has 0 aromatic heterocycles. The number of hydrogen-bond donors (Lipinski definition) is 2. The second-order valence-electron chi connectivity index (χ2n) is 7.56. The maximum Gasteiger partial charge on any atom is 0.223 e. The predicted octanol–water partition coefficient (Wildman–Crippen LogP) is 1.57. The van der Waals surface area contributed by atoms with E-state index < -0.39 is 0 Å². The molecule has 1 unspecified atom stereocenters. The number of nitrogens with two attached hydrogens (primary N) is 1. The van der Waals surface area contributed by atoms with Gasteiger partial charge in [-0.25, -0.2) is 0 Å². The highest BCUT2D eigenvalue weighted by Crippen LogP contribution is 2.33. The lowest BCUT2D eigenvalue weighted by molar-refractivity contribution is -0.126. The third-order valence-corrected chi connectivity index (χ3v) is 6.05. The van der Waals surface area contributed by atoms with Crippen molar-refractivity contribution in [3.05, 3.63) is 23.8 Å². The van der Waals surface area contributed by atoms with Crippen molar-refractivity contribution in [2.45, 2.75) is 25.3 Å². The number of morpholine rings is 1. The van der Waals surface area contributed by atoms with E-state index in [9.17, 15) is 4.79 Å². The third-order valence-electron chi connectivity index (χ3n) is 6.05. The van der Waals surface area contributed by atoms with Gasteiger partial charge in [-0.3, -0.25) is 9.69 Å². The number of nitrogens with one attached hydrogen (secondary N) is 1. The van der Waals surface area contributed by atoms with Crippen molar-refractivity contribution in [3.8, 4) is 11.5 Å². The Morgan fingerprint density at radius 3 is 2.68 bits per heavy atom. The van der Waals surface area contributed by atoms with Crippen LogP contribution in [0.4, 0.5) is 0 Å². The van der Waals surface area contributed by atoms with Crippen LogP contribution in [0.5, 0.6) is 11.5 Å². The molecule has 28 heavy (non-hydrogen) atoms. The molecule has 1 aromatic carbocycles. The maximum atomic E-state index is 12.8. The minimum Gasteiger partial charge on any atom is -0.493 e. The van der Waals surface area contributed by atoms with Gasteiger partial charge in [-0.2, -0.15) is 0 Å². The van der Waals surface area contributed by atoms with Crippen molar-refractivity contribution < 1.29 is 19.0 Å². The molecule has 1 aliphatic heterocycles. The summed E-state index contributed by atoms with van der Waals surface area (Å²) >= 11 is 0. The number of rotatable bonds is 8. The summed E-state index contributed by atoms with van der Waals surface area (Å²) < 4.78 is 16.4. The number of amides is 1. The Morgan fingerprint density at radius 2 is 2.00 bits per heavy atom. The zero-order valence-corrected chi connectivity index (χ0v) is 17.0. The number of benzene rings is 1. The smallest absolute Gasteiger partial charge is 0.223 e. The lowest BCUT2D eigenvalue weighted by Gasteiger charge is -2.35. The summed E-state index contributed by atoms with van der Waals surface area (Å²) in [6.07, 6.45) is 3.08. The summed E-state index contributed by atoms with van der Waals surface area (Å²) in [4.78, 5) is 15.2. The lowest BCUT2D eigenvalue weighted by atomic mass is 9.95. The van der Waals surface area contributed by atoms with Crippen LogP contribution in [0.15, 0.2) is 18.2 Å². The Labute approximate surface area is 167 Å². The minimum atomic E-state index is 0.0424. The van der Waals surface area contributed by atoms with E-state index in [1.54, 1.807) is 14.2 Å². The molecule has 3 atom stereocenters. The van der Waals surface area contributed by atoms with Crippen molar-refractivity contribution in [3.63, 3.8) is 0 Å². The van der Waals surface area contributed by atoms with Gasteiger partial charge in [0.1, 0.15) is 0 Å². The third kappa shape index (κ3) is 4.77. The molecule has 7 heteroatoms. The van der Waals surface area contributed by atoms with E-state index in [1.165, 1.54) is 0 Å². The van der Waals surface area contributed by atoms with Gasteiger partial charge in [0.05, 0.1) is 33.5 Å². The van der Waals surface area contributed by atoms with Gasteiger partial charge in [0, 0.05) is 25.6 Å². The highest BCUT2D eigenvalue weighted by molar-refractivity contribution is 5.79. The Balaban J connectivity index is 1.75. The standard InChI is InChI=1S/C21H33N3O4/c1-26-19-7-6-15(12-20(19)27-2)18(24-8-10-28-11-9-24)14-23-21(25)17-5-3-4-16(17)13-22/h6-7,12,16-18H,3-5,8-11,13-14,22H2,1-2H3,(H,23,25)/t16-,17-,18?/m1/s1. The van der Waals surface area contributed by atoms with Crippen LogP contribution in [-0.2, 0) is 9.53 Å². The second-order valence-corrected chi connectivity index (χ2v) is 7.56. The molecule has 3 rings (SSSR count). The summed E-state index contributed by atoms with van der Waals surface area (Å²) in [5, 5.41) is 3.20. The normalized spacial score (nSPS) is 24.0. The molecular weight excluding hydrogens is 358 g/mol. The van der Waals surface area contributed by atoms with E-state index in [-0.39, 0.29) is 17.9 Å². The van der Waals surface area contributed by atoms with Crippen LogP contribution in [0.1, 0.15) is 30.9 Å². The van der Waals surface area contributed by atoms with Gasteiger partial charge in [-0.05, 0) is 43.0 Å². The van der Waals surface area contributed by atoms with Crippen LogP contribution in [0, 0.1) is 11.8 Å². The predicted molar refractivity (Wildman–Crippen MR) is 108 cm³/mol. The first-order valence-corrected chi connectivity index (χ1v) is 10.2. The Bertz CT molecular complexity index is 649. The first kappa shape index (κ1) is 20.9. The Morgan fingerprint density at radius 1 is 1.25 bits per heavy atom. The van der Waals surface area contributed by atoms with E-state index in [0.717, 1.165) is 37.9 Å². The molecule has 1 saturated heterocycles. The Hall–Kier alpha value is -1.83. The van der Waals surface area contributed by atoms with Crippen LogP contribution in [0.2, 0.25) is 0 Å². The van der Waals surface area contributed by atoms with Gasteiger partial charge in [-0.15, -0.1) is 0 Å². The first-order chi connectivity index (χ1) is 13.7. The highest BCUT2D eigenvalue weighted by Gasteiger charge is 2.33. The van der Waals surface area contributed by atoms with E-state index in [1.807, 2.05) is 18.2 Å². The lowest BCUT2D eigenvalue weighted by Crippen LogP contribution is -2.45. The second kappa shape index (κ2) is 10.1. The summed E-state index contributed by atoms with van der Waals surface area (Å²) in [6.45, 7) is 4.22. The summed E-state index contributed by atoms with van der Waals surface area (Å²) in [6, 6.07) is 6.03. The molecule has 2 aliphatic rings. The fourth-order valence-electron chi connectivity index (χ4n) is 4.40. The fourth-order valence-corrected chi connectivity index (χ4v) is 4.40. The molecule has 3 N–H and O–H groups in total. The topological polar surface area (TPSA) is 86.0 Å². The number of ether oxygens (including phenoxy) is 3. The van der Waals surface area contributed by atoms with Crippen LogP contribution < -0.4 is 20.5 Å². The molecular formula is C21H33N3O4. The molecule has 7 nitrogen and oxygen atoms in total. The summed E-state index contributed by atoms with van der Waals surface area (Å²) in [7, 11) is 3.27. The quantitative estimate of drug-likeness (QED) is 0.700. The molecule has 2 fully saturated rings. The van der Waals surface area contributed by atoms with Crippen LogP contribution in [0.3, 0.4) is 0 Å². The van der Waals surface area contributed by atoms with E-state index >= 15 is 0 Å². The molecule has 0 spiro atoms. The van der Waals surface area contributed by atoms with E-state index in [4.69, 9.17) is 19.9 Å². The number of nitrogens with zero attached hydrogens (tertiary/aromatic N) is 1. The fraction of sp³-hybridized carbons (Fsp3) is 0.667. The minimum absolute atomic E-state index is 0.0424. The van der Waals surface area contributed by atoms with Gasteiger partial charge in [0.15, 0.2) is 11.5 Å². The molecule has 1 aliphatic carbocycles. The van der Waals surface area contributed by atoms with Crippen LogP contribution in [0.25, 0.3) is 0 Å². The van der Waals surface area contributed by atoms with Gasteiger partial charge in [-0.1, -0.05) is 12.5 Å². The van der Waals surface area contributed by atoms with Gasteiger partial charge in [0.25, 0.3) is 0 Å². The van der Waals surface area contributed by atoms with Gasteiger partial charge >= 0.3 is 0 Å². The number of carbonyl (C=O) groups is 1. The monoisotopic (exact) mass is 391 g/mol. The zero-order valence-electron chi connectivity index (χ0n) is 17.0. The summed E-state index contributed by atoms with van der Waals surface area (Å²) in [5.41, 5.74) is 6.96. The average molecular weight is 392 g/mol. The number of carbonyl (C=O) groups excluding carboxylic acids is 1. The van der Waals surface area contributed by atoms with E-state index in [2.05, 4.69) is 10.2 Å². The molecule has 0 radical (unpaired) electrons. The molecule has 1 saturated carbocycles. The molecule has 1 aromatic rings. The van der Waals surface area contributed by atoms with Crippen molar-refractivity contribution in [1.29, 1.82) is 0 Å². The molecule has 0 bridgehead atoms. The maximum absolute atomic E-state index is 12.8. The SMILES string of the molecule is COc1ccc(C(CNC(=O)[C@@H]2CCC[C@@H]2CN)N2CCOCC2)cc1OC. The van der Waals surface area contributed by atoms with Crippen LogP contribution >= 0.6 is 0 Å². The summed E-state index contributed by atoms with van der Waals surface area (Å²) in [5.74, 6) is 1.88. The zero-order chi connectivity index (χ0) is 19.9. The van der Waals surface area contributed by atoms with E-state index in [0.29, 0.717) is 43.7 Å².